The number of para-hydroxylation sites is 1. The molecule has 2 aromatic rings. The maximum absolute atomic E-state index is 12.9. The molecule has 274 valence electrons. The van der Waals surface area contributed by atoms with Crippen LogP contribution in [0.3, 0.4) is 0 Å². The molecule has 0 saturated heterocycles. The molecular weight excluding hydrogens is 733 g/mol. The van der Waals surface area contributed by atoms with Crippen LogP contribution in [-0.2, 0) is 52.3 Å². The van der Waals surface area contributed by atoms with Crippen molar-refractivity contribution in [2.75, 3.05) is 17.2 Å². The van der Waals surface area contributed by atoms with Crippen molar-refractivity contribution in [3.63, 3.8) is 0 Å². The van der Waals surface area contributed by atoms with E-state index in [0.717, 1.165) is 4.90 Å². The standard InChI is InChI=1S/C32H40N2O12S4/c1-22(2)25(31(50(44,45)46)34-27-14-9-8-12-23(27)20-30(34)49(41,42)43)13-6-5-7-15-29-32(3,4)26-21-24(48(38,39)40)16-17-28(26)33(29)18-10-11-19-47(35,36)37/h5-9,12-17,21-22,30-31H,10-11,18-20H2,1-4H3,(H3-,35,36,37,38,39,40,41,42,43,44,45,46)/p+1. The summed E-state index contributed by atoms with van der Waals surface area (Å²) < 4.78 is 138. The number of unbranched alkanes of at least 4 members (excludes halogenated alkanes) is 1. The predicted octanol–water partition coefficient (Wildman–Crippen LogP) is 4.16. The molecule has 0 amide bonds. The third-order valence-corrected chi connectivity index (χ3v) is 12.6. The Morgan fingerprint density at radius 2 is 1.58 bits per heavy atom. The molecule has 2 aliphatic heterocycles. The summed E-state index contributed by atoms with van der Waals surface area (Å²) in [5.74, 6) is -0.950. The van der Waals surface area contributed by atoms with E-state index in [1.165, 1.54) is 30.4 Å². The average Bonchev–Trinajstić information content (AvgIpc) is 3.45. The van der Waals surface area contributed by atoms with E-state index in [-0.39, 0.29) is 29.0 Å². The maximum Gasteiger partial charge on any atom is 0.294 e. The highest BCUT2D eigenvalue weighted by molar-refractivity contribution is 7.88. The molecule has 0 radical (unpaired) electrons. The number of hydrogen-bond acceptors (Lipinski definition) is 9. The van der Waals surface area contributed by atoms with Crippen molar-refractivity contribution in [2.24, 2.45) is 5.92 Å². The van der Waals surface area contributed by atoms with Gasteiger partial charge in [0.05, 0.1) is 16.1 Å². The van der Waals surface area contributed by atoms with Crippen molar-refractivity contribution < 1.29 is 56.5 Å². The molecule has 0 spiro atoms. The molecule has 2 aliphatic rings. The minimum Gasteiger partial charge on any atom is -0.330 e. The Bertz CT molecular complexity index is 2220. The third-order valence-electron chi connectivity index (χ3n) is 8.77. The second-order valence-corrected chi connectivity index (χ2v) is 19.0. The summed E-state index contributed by atoms with van der Waals surface area (Å²) in [6, 6.07) is 10.5. The number of rotatable bonds is 14. The van der Waals surface area contributed by atoms with Gasteiger partial charge < -0.3 is 4.90 Å². The molecule has 0 aromatic heterocycles. The first-order valence-corrected chi connectivity index (χ1v) is 21.6. The van der Waals surface area contributed by atoms with Gasteiger partial charge in [-0.1, -0.05) is 56.4 Å². The van der Waals surface area contributed by atoms with Gasteiger partial charge in [0, 0.05) is 36.2 Å². The van der Waals surface area contributed by atoms with E-state index in [4.69, 9.17) is 4.55 Å². The second-order valence-electron chi connectivity index (χ2n) is 13.0. The molecular formula is C32H41N2O12S4+. The SMILES string of the molecule is CC(C)C(=CC=CC=CC1=[N+](CCCCS(=O)(=O)O)c2ccc(S(=O)(=O)O)cc2C1(C)C)C(N1c2ccccc2CC1S(=O)(=O)O)S(=O)(=O)O. The van der Waals surface area contributed by atoms with Crippen LogP contribution in [0.1, 0.15) is 51.7 Å². The molecule has 0 saturated carbocycles. The van der Waals surface area contributed by atoms with Crippen LogP contribution < -0.4 is 4.90 Å². The number of anilines is 1. The summed E-state index contributed by atoms with van der Waals surface area (Å²) in [5, 5.41) is -3.51. The van der Waals surface area contributed by atoms with Crippen molar-refractivity contribution in [1.29, 1.82) is 0 Å². The summed E-state index contributed by atoms with van der Waals surface area (Å²) in [4.78, 5) is 0.710. The van der Waals surface area contributed by atoms with Crippen LogP contribution in [0.15, 0.2) is 83.3 Å². The predicted molar refractivity (Wildman–Crippen MR) is 189 cm³/mol. The Morgan fingerprint density at radius 3 is 2.16 bits per heavy atom. The van der Waals surface area contributed by atoms with Gasteiger partial charge in [0.25, 0.3) is 40.5 Å². The summed E-state index contributed by atoms with van der Waals surface area (Å²) in [7, 11) is -18.4. The molecule has 18 heteroatoms. The quantitative estimate of drug-likeness (QED) is 0.0917. The smallest absolute Gasteiger partial charge is 0.294 e. The molecule has 4 N–H and O–H groups in total. The summed E-state index contributed by atoms with van der Waals surface area (Å²) >= 11 is 0. The number of allylic oxidation sites excluding steroid dienone is 5. The molecule has 0 bridgehead atoms. The van der Waals surface area contributed by atoms with Crippen molar-refractivity contribution >= 4 is 57.6 Å². The zero-order valence-electron chi connectivity index (χ0n) is 27.8. The minimum absolute atomic E-state index is 0.141. The molecule has 50 heavy (non-hydrogen) atoms. The van der Waals surface area contributed by atoms with Crippen molar-refractivity contribution in [1.82, 2.24) is 0 Å². The Hall–Kier alpha value is -3.23. The van der Waals surface area contributed by atoms with Gasteiger partial charge in [-0.15, -0.1) is 0 Å². The van der Waals surface area contributed by atoms with E-state index in [1.807, 2.05) is 18.4 Å². The van der Waals surface area contributed by atoms with E-state index in [1.54, 1.807) is 56.3 Å². The van der Waals surface area contributed by atoms with Gasteiger partial charge >= 0.3 is 0 Å². The van der Waals surface area contributed by atoms with E-state index in [2.05, 4.69) is 0 Å². The molecule has 2 heterocycles. The van der Waals surface area contributed by atoms with E-state index in [0.29, 0.717) is 35.5 Å². The number of hydrogen-bond donors (Lipinski definition) is 4. The largest absolute Gasteiger partial charge is 0.330 e. The lowest BCUT2D eigenvalue weighted by Gasteiger charge is -2.34. The first-order valence-electron chi connectivity index (χ1n) is 15.5. The van der Waals surface area contributed by atoms with Crippen LogP contribution in [0.2, 0.25) is 0 Å². The Kier molecular flexibility index (Phi) is 11.4. The fourth-order valence-corrected chi connectivity index (χ4v) is 9.73. The van der Waals surface area contributed by atoms with Gasteiger partial charge in [-0.2, -0.15) is 38.2 Å². The average molecular weight is 774 g/mol. The first kappa shape index (κ1) is 39.6. The Labute approximate surface area is 293 Å². The van der Waals surface area contributed by atoms with Crippen molar-refractivity contribution in [2.45, 2.75) is 68.0 Å². The zero-order valence-corrected chi connectivity index (χ0v) is 31.0. The van der Waals surface area contributed by atoms with Gasteiger partial charge in [0.15, 0.2) is 16.5 Å². The second kappa shape index (κ2) is 14.4. The maximum atomic E-state index is 12.9. The fraction of sp³-hybridized carbons (Fsp3) is 0.406. The lowest BCUT2D eigenvalue weighted by Crippen LogP contribution is -2.50. The normalized spacial score (nSPS) is 19.2. The third kappa shape index (κ3) is 8.79. The lowest BCUT2D eigenvalue weighted by atomic mass is 9.81. The van der Waals surface area contributed by atoms with Gasteiger partial charge in [0.2, 0.25) is 5.69 Å². The molecule has 0 fully saturated rings. The van der Waals surface area contributed by atoms with Crippen LogP contribution in [-0.4, -0.2) is 85.2 Å². The van der Waals surface area contributed by atoms with E-state index in [9.17, 15) is 47.3 Å². The van der Waals surface area contributed by atoms with Gasteiger partial charge in [-0.25, -0.2) is 0 Å². The number of benzene rings is 2. The van der Waals surface area contributed by atoms with Gasteiger partial charge in [-0.3, -0.25) is 18.2 Å². The fourth-order valence-electron chi connectivity index (χ4n) is 6.43. The molecule has 4 rings (SSSR count). The van der Waals surface area contributed by atoms with E-state index < -0.39 is 68.3 Å². The zero-order chi connectivity index (χ0) is 37.4. The van der Waals surface area contributed by atoms with Crippen molar-refractivity contribution in [3.05, 3.63) is 89.5 Å². The highest BCUT2D eigenvalue weighted by Gasteiger charge is 2.47. The summed E-state index contributed by atoms with van der Waals surface area (Å²) in [6.07, 6.45) is 8.22. The molecule has 14 nitrogen and oxygen atoms in total. The monoisotopic (exact) mass is 773 g/mol. The van der Waals surface area contributed by atoms with Crippen LogP contribution in [0.4, 0.5) is 11.4 Å². The van der Waals surface area contributed by atoms with Crippen LogP contribution in [0.5, 0.6) is 0 Å². The van der Waals surface area contributed by atoms with Crippen LogP contribution in [0, 0.1) is 5.92 Å². The van der Waals surface area contributed by atoms with Crippen LogP contribution >= 0.6 is 0 Å². The Balaban J connectivity index is 1.73. The Morgan fingerprint density at radius 1 is 0.920 bits per heavy atom. The van der Waals surface area contributed by atoms with Crippen LogP contribution in [0.25, 0.3) is 0 Å². The number of fused-ring (bicyclic) bond motifs is 2. The summed E-state index contributed by atoms with van der Waals surface area (Å²) in [6.45, 7) is 7.34. The summed E-state index contributed by atoms with van der Waals surface area (Å²) in [5.41, 5.74) is 1.97. The number of nitrogens with zero attached hydrogens (tertiary/aromatic N) is 2. The lowest BCUT2D eigenvalue weighted by molar-refractivity contribution is -0.438. The van der Waals surface area contributed by atoms with Gasteiger partial charge in [0.1, 0.15) is 6.54 Å². The highest BCUT2D eigenvalue weighted by Crippen LogP contribution is 2.42. The first-order chi connectivity index (χ1) is 22.9. The minimum atomic E-state index is -4.97. The molecule has 0 aliphatic carbocycles. The van der Waals surface area contributed by atoms with Gasteiger partial charge in [-0.05, 0) is 55.5 Å². The molecule has 2 aromatic carbocycles. The highest BCUT2D eigenvalue weighted by atomic mass is 32.2. The molecule has 2 atom stereocenters. The van der Waals surface area contributed by atoms with E-state index >= 15 is 0 Å². The topological polar surface area (TPSA) is 224 Å². The van der Waals surface area contributed by atoms with Crippen molar-refractivity contribution in [3.8, 4) is 0 Å². The molecule has 2 unspecified atom stereocenters.